The van der Waals surface area contributed by atoms with Crippen LogP contribution in [0.25, 0.3) is 0 Å². The van der Waals surface area contributed by atoms with Crippen LogP contribution in [0.2, 0.25) is 0 Å². The van der Waals surface area contributed by atoms with Crippen molar-refractivity contribution < 1.29 is 28.5 Å². The molecule has 3 N–H and O–H groups in total. The third kappa shape index (κ3) is 4.22. The van der Waals surface area contributed by atoms with Gasteiger partial charge in [0.15, 0.2) is 0 Å². The van der Waals surface area contributed by atoms with Gasteiger partial charge in [-0.2, -0.15) is 13.2 Å². The lowest BCUT2D eigenvalue weighted by Crippen LogP contribution is -2.56. The third-order valence-electron chi connectivity index (χ3n) is 4.83. The third-order valence-corrected chi connectivity index (χ3v) is 4.83. The fraction of sp³-hybridized carbons (Fsp3) is 0.688. The first-order valence-corrected chi connectivity index (χ1v) is 8.30. The van der Waals surface area contributed by atoms with Gasteiger partial charge in [0.05, 0.1) is 12.2 Å². The quantitative estimate of drug-likeness (QED) is 0.720. The van der Waals surface area contributed by atoms with Crippen LogP contribution in [0.1, 0.15) is 12.1 Å². The predicted molar refractivity (Wildman–Crippen MR) is 84.0 cm³/mol. The monoisotopic (exact) mass is 361 g/mol. The zero-order valence-corrected chi connectivity index (χ0v) is 13.6. The van der Waals surface area contributed by atoms with Gasteiger partial charge in [0.1, 0.15) is 17.6 Å². The van der Waals surface area contributed by atoms with Crippen molar-refractivity contribution in [1.29, 1.82) is 0 Å². The van der Waals surface area contributed by atoms with E-state index < -0.39 is 30.2 Å². The van der Waals surface area contributed by atoms with E-state index in [4.69, 9.17) is 0 Å². The minimum Gasteiger partial charge on any atom is -0.389 e. The van der Waals surface area contributed by atoms with Crippen LogP contribution in [0.4, 0.5) is 19.0 Å². The second-order valence-corrected chi connectivity index (χ2v) is 6.82. The van der Waals surface area contributed by atoms with Gasteiger partial charge in [-0.05, 0) is 24.5 Å². The number of rotatable bonds is 3. The average molecular weight is 361 g/mol. The van der Waals surface area contributed by atoms with E-state index in [1.54, 1.807) is 6.07 Å². The second-order valence-electron chi connectivity index (χ2n) is 6.82. The highest BCUT2D eigenvalue weighted by Gasteiger charge is 2.36. The van der Waals surface area contributed by atoms with Crippen molar-refractivity contribution in [1.82, 2.24) is 9.88 Å². The van der Waals surface area contributed by atoms with Crippen molar-refractivity contribution in [3.8, 4) is 0 Å². The molecule has 6 nitrogen and oxygen atoms in total. The van der Waals surface area contributed by atoms with Crippen molar-refractivity contribution in [2.75, 3.05) is 37.6 Å². The van der Waals surface area contributed by atoms with Gasteiger partial charge >= 0.3 is 6.18 Å². The minimum atomic E-state index is -4.46. The van der Waals surface area contributed by atoms with Crippen LogP contribution in [-0.4, -0.2) is 76.2 Å². The van der Waals surface area contributed by atoms with Gasteiger partial charge in [0.2, 0.25) is 0 Å². The highest BCUT2D eigenvalue weighted by Crippen LogP contribution is 2.30. The molecule has 0 saturated carbocycles. The van der Waals surface area contributed by atoms with E-state index in [1.165, 1.54) is 6.07 Å². The largest absolute Gasteiger partial charge is 0.433 e. The second kappa shape index (κ2) is 7.06. The Morgan fingerprint density at radius 3 is 2.40 bits per heavy atom. The summed E-state index contributed by atoms with van der Waals surface area (Å²) in [5.74, 6) is 0.512. The normalized spacial score (nSPS) is 31.5. The molecule has 0 radical (unpaired) electrons. The summed E-state index contributed by atoms with van der Waals surface area (Å²) in [5.41, 5.74) is -0.898. The van der Waals surface area contributed by atoms with Crippen LogP contribution in [0.5, 0.6) is 0 Å². The van der Waals surface area contributed by atoms with Crippen molar-refractivity contribution in [2.24, 2.45) is 5.92 Å². The topological polar surface area (TPSA) is 80.1 Å². The number of anilines is 1. The molecule has 0 unspecified atom stereocenters. The van der Waals surface area contributed by atoms with Gasteiger partial charge < -0.3 is 20.2 Å². The number of alkyl halides is 3. The van der Waals surface area contributed by atoms with Crippen molar-refractivity contribution in [2.45, 2.75) is 30.9 Å². The molecule has 0 bridgehead atoms. The lowest BCUT2D eigenvalue weighted by atomic mass is 10.00. The maximum Gasteiger partial charge on any atom is 0.433 e. The SMILES string of the molecule is O[C@H]1[C@H](O)CN(C[C@@H]2CCN(c3cccc(C(F)(F)F)n3)C2)C[C@@H]1O. The fourth-order valence-corrected chi connectivity index (χ4v) is 3.54. The Morgan fingerprint density at radius 1 is 1.08 bits per heavy atom. The number of halogens is 3. The van der Waals surface area contributed by atoms with Gasteiger partial charge in [-0.15, -0.1) is 0 Å². The summed E-state index contributed by atoms with van der Waals surface area (Å²) in [7, 11) is 0. The van der Waals surface area contributed by atoms with Crippen LogP contribution >= 0.6 is 0 Å². The van der Waals surface area contributed by atoms with Crippen molar-refractivity contribution in [3.63, 3.8) is 0 Å². The van der Waals surface area contributed by atoms with Crippen LogP contribution in [0.3, 0.4) is 0 Å². The molecule has 2 aliphatic heterocycles. The molecular weight excluding hydrogens is 339 g/mol. The Hall–Kier alpha value is -1.42. The zero-order chi connectivity index (χ0) is 18.2. The maximum absolute atomic E-state index is 12.8. The Bertz CT molecular complexity index is 589. The Morgan fingerprint density at radius 2 is 1.76 bits per heavy atom. The molecule has 9 heteroatoms. The molecule has 0 aromatic carbocycles. The van der Waals surface area contributed by atoms with Crippen LogP contribution < -0.4 is 4.90 Å². The molecule has 0 spiro atoms. The Balaban J connectivity index is 1.59. The number of aromatic nitrogens is 1. The molecule has 2 fully saturated rings. The summed E-state index contributed by atoms with van der Waals surface area (Å²) in [6.07, 6.45) is -6.79. The molecule has 3 rings (SSSR count). The minimum absolute atomic E-state index is 0.200. The molecule has 0 aliphatic carbocycles. The summed E-state index contributed by atoms with van der Waals surface area (Å²) in [6, 6.07) is 3.89. The van der Waals surface area contributed by atoms with Gasteiger partial charge in [0.25, 0.3) is 0 Å². The molecule has 3 heterocycles. The molecule has 1 aromatic heterocycles. The van der Waals surface area contributed by atoms with Gasteiger partial charge in [0, 0.05) is 32.7 Å². The maximum atomic E-state index is 12.8. The number of aliphatic hydroxyl groups excluding tert-OH is 3. The lowest BCUT2D eigenvalue weighted by Gasteiger charge is -2.38. The van der Waals surface area contributed by atoms with E-state index in [2.05, 4.69) is 4.98 Å². The average Bonchev–Trinajstić information content (AvgIpc) is 3.00. The number of β-amino-alcohol motifs (C(OH)–C–C–N with tert-alkyl or cyclic N) is 2. The highest BCUT2D eigenvalue weighted by atomic mass is 19.4. The summed E-state index contributed by atoms with van der Waals surface area (Å²) in [4.78, 5) is 7.43. The Kier molecular flexibility index (Phi) is 5.19. The van der Waals surface area contributed by atoms with Crippen molar-refractivity contribution >= 4 is 5.82 Å². The number of aliphatic hydroxyl groups is 3. The van der Waals surface area contributed by atoms with E-state index in [1.807, 2.05) is 9.80 Å². The number of hydrogen-bond donors (Lipinski definition) is 3. The van der Waals surface area contributed by atoms with E-state index in [0.717, 1.165) is 12.5 Å². The number of nitrogens with zero attached hydrogens (tertiary/aromatic N) is 3. The van der Waals surface area contributed by atoms with Gasteiger partial charge in [-0.25, -0.2) is 4.98 Å². The smallest absolute Gasteiger partial charge is 0.389 e. The standard InChI is InChI=1S/C16H22F3N3O3/c17-16(18,19)13-2-1-3-14(20-13)22-5-4-10(7-22)6-21-8-11(23)15(25)12(24)9-21/h1-3,10-12,15,23-25H,4-9H2/t10-,11-,12+,15+/m0/s1. The first kappa shape index (κ1) is 18.4. The molecule has 25 heavy (non-hydrogen) atoms. The predicted octanol–water partition coefficient (Wildman–Crippen LogP) is 0.325. The molecule has 4 atom stereocenters. The summed E-state index contributed by atoms with van der Waals surface area (Å²) in [6.45, 7) is 2.34. The van der Waals surface area contributed by atoms with Gasteiger partial charge in [-0.1, -0.05) is 6.07 Å². The summed E-state index contributed by atoms with van der Waals surface area (Å²) >= 11 is 0. The Labute approximate surface area is 143 Å². The molecular formula is C16H22F3N3O3. The van der Waals surface area contributed by atoms with E-state index in [0.29, 0.717) is 25.5 Å². The van der Waals surface area contributed by atoms with E-state index in [9.17, 15) is 28.5 Å². The van der Waals surface area contributed by atoms with Gasteiger partial charge in [-0.3, -0.25) is 4.90 Å². The van der Waals surface area contributed by atoms with Crippen molar-refractivity contribution in [3.05, 3.63) is 23.9 Å². The summed E-state index contributed by atoms with van der Waals surface area (Å²) in [5, 5.41) is 29.1. The first-order valence-electron chi connectivity index (χ1n) is 8.30. The van der Waals surface area contributed by atoms with Crippen LogP contribution in [-0.2, 0) is 6.18 Å². The fourth-order valence-electron chi connectivity index (χ4n) is 3.54. The number of hydrogen-bond acceptors (Lipinski definition) is 6. The number of pyridine rings is 1. The summed E-state index contributed by atoms with van der Waals surface area (Å²) < 4.78 is 38.4. The highest BCUT2D eigenvalue weighted by molar-refractivity contribution is 5.41. The van der Waals surface area contributed by atoms with E-state index in [-0.39, 0.29) is 19.0 Å². The van der Waals surface area contributed by atoms with Crippen LogP contribution in [0, 0.1) is 5.92 Å². The molecule has 2 saturated heterocycles. The molecule has 1 aromatic rings. The number of likely N-dealkylation sites (tertiary alicyclic amines) is 1. The molecule has 140 valence electrons. The first-order chi connectivity index (χ1) is 11.7. The van der Waals surface area contributed by atoms with Crippen LogP contribution in [0.15, 0.2) is 18.2 Å². The molecule has 0 amide bonds. The number of piperidine rings is 1. The van der Waals surface area contributed by atoms with E-state index >= 15 is 0 Å². The lowest BCUT2D eigenvalue weighted by molar-refractivity contribution is -0.141. The molecule has 2 aliphatic rings. The zero-order valence-electron chi connectivity index (χ0n) is 13.6.